The maximum atomic E-state index is 12.3. The van der Waals surface area contributed by atoms with Gasteiger partial charge in [0.1, 0.15) is 11.5 Å². The number of benzene rings is 1. The minimum atomic E-state index is -0.882. The average molecular weight is 390 g/mol. The van der Waals surface area contributed by atoms with E-state index in [1.54, 1.807) is 4.90 Å². The molecule has 1 heterocycles. The number of methoxy groups -OCH3 is 1. The number of piperidine rings is 1. The zero-order valence-electron chi connectivity index (χ0n) is 17.3. The van der Waals surface area contributed by atoms with E-state index in [4.69, 9.17) is 4.74 Å². The van der Waals surface area contributed by atoms with Gasteiger partial charge < -0.3 is 19.7 Å². The summed E-state index contributed by atoms with van der Waals surface area (Å²) in [5, 5.41) is 2.84. The lowest BCUT2D eigenvalue weighted by Crippen LogP contribution is -2.41. The third-order valence-electron chi connectivity index (χ3n) is 4.75. The van der Waals surface area contributed by atoms with Crippen LogP contribution < -0.4 is 5.32 Å². The van der Waals surface area contributed by atoms with Gasteiger partial charge in [0.15, 0.2) is 0 Å². The van der Waals surface area contributed by atoms with Crippen molar-refractivity contribution in [2.24, 2.45) is 5.92 Å². The second-order valence-electron chi connectivity index (χ2n) is 8.06. The summed E-state index contributed by atoms with van der Waals surface area (Å²) in [7, 11) is 1.26. The molecule has 28 heavy (non-hydrogen) atoms. The third kappa shape index (κ3) is 5.71. The number of anilines is 1. The number of rotatable bonds is 4. The summed E-state index contributed by atoms with van der Waals surface area (Å²) in [6.07, 6.45) is 1.26. The molecular formula is C21H30N2O5. The van der Waals surface area contributed by atoms with Gasteiger partial charge in [-0.1, -0.05) is 18.2 Å². The highest BCUT2D eigenvalue weighted by Crippen LogP contribution is 2.33. The van der Waals surface area contributed by atoms with Gasteiger partial charge in [0, 0.05) is 18.8 Å². The van der Waals surface area contributed by atoms with Crippen LogP contribution in [0.4, 0.5) is 10.5 Å². The molecule has 0 saturated carbocycles. The van der Waals surface area contributed by atoms with Crippen LogP contribution in [0.3, 0.4) is 0 Å². The number of nitrogens with one attached hydrogen (secondary N) is 1. The zero-order chi connectivity index (χ0) is 20.9. The van der Waals surface area contributed by atoms with Crippen LogP contribution in [0.5, 0.6) is 0 Å². The fraction of sp³-hybridized carbons (Fsp3) is 0.571. The van der Waals surface area contributed by atoms with Crippen molar-refractivity contribution in [3.63, 3.8) is 0 Å². The molecular weight excluding hydrogens is 360 g/mol. The summed E-state index contributed by atoms with van der Waals surface area (Å²) >= 11 is 0. The van der Waals surface area contributed by atoms with Crippen LogP contribution in [-0.4, -0.2) is 48.7 Å². The largest absolute Gasteiger partial charge is 0.468 e. The highest BCUT2D eigenvalue weighted by molar-refractivity contribution is 6.04. The van der Waals surface area contributed by atoms with Gasteiger partial charge in [0.05, 0.1) is 7.11 Å². The molecule has 0 bridgehead atoms. The molecule has 0 aliphatic carbocycles. The van der Waals surface area contributed by atoms with Gasteiger partial charge in [-0.15, -0.1) is 0 Å². The Morgan fingerprint density at radius 2 is 1.75 bits per heavy atom. The summed E-state index contributed by atoms with van der Waals surface area (Å²) in [6.45, 7) is 8.27. The van der Waals surface area contributed by atoms with E-state index in [0.717, 1.165) is 18.4 Å². The van der Waals surface area contributed by atoms with Crippen molar-refractivity contribution in [2.75, 3.05) is 25.5 Å². The number of para-hydroxylation sites is 1. The monoisotopic (exact) mass is 390 g/mol. The molecule has 0 radical (unpaired) electrons. The van der Waals surface area contributed by atoms with E-state index < -0.39 is 23.4 Å². The van der Waals surface area contributed by atoms with Crippen molar-refractivity contribution in [1.82, 2.24) is 4.90 Å². The van der Waals surface area contributed by atoms with E-state index in [9.17, 15) is 14.4 Å². The van der Waals surface area contributed by atoms with Gasteiger partial charge in [-0.3, -0.25) is 9.59 Å². The van der Waals surface area contributed by atoms with Gasteiger partial charge in [-0.05, 0) is 58.1 Å². The summed E-state index contributed by atoms with van der Waals surface area (Å²) < 4.78 is 10.1. The maximum absolute atomic E-state index is 12.3. The molecule has 0 spiro atoms. The highest BCUT2D eigenvalue weighted by atomic mass is 16.6. The van der Waals surface area contributed by atoms with Crippen LogP contribution in [0, 0.1) is 5.92 Å². The minimum Gasteiger partial charge on any atom is -0.468 e. The molecule has 1 saturated heterocycles. The summed E-state index contributed by atoms with van der Waals surface area (Å²) in [6, 6.07) is 7.58. The first-order valence-corrected chi connectivity index (χ1v) is 9.58. The van der Waals surface area contributed by atoms with Gasteiger partial charge in [-0.2, -0.15) is 0 Å². The number of amides is 2. The van der Waals surface area contributed by atoms with Gasteiger partial charge in [0.25, 0.3) is 0 Å². The van der Waals surface area contributed by atoms with Crippen LogP contribution in [0.25, 0.3) is 0 Å². The van der Waals surface area contributed by atoms with E-state index in [1.807, 2.05) is 45.0 Å². The lowest BCUT2D eigenvalue weighted by molar-refractivity contribution is -0.147. The molecule has 1 fully saturated rings. The number of carbonyl (C=O) groups is 3. The molecule has 1 aromatic carbocycles. The fourth-order valence-corrected chi connectivity index (χ4v) is 3.19. The molecule has 7 nitrogen and oxygen atoms in total. The summed E-state index contributed by atoms with van der Waals surface area (Å²) in [4.78, 5) is 37.9. The van der Waals surface area contributed by atoms with Crippen molar-refractivity contribution in [3.05, 3.63) is 29.8 Å². The van der Waals surface area contributed by atoms with Crippen molar-refractivity contribution < 1.29 is 23.9 Å². The molecule has 7 heteroatoms. The smallest absolute Gasteiger partial charge is 0.410 e. The SMILES string of the molecule is COC(=O)C(C)C(=O)Nc1ccccc1C1CCN(C(=O)OC(C)(C)C)CC1. The first-order chi connectivity index (χ1) is 13.1. The van der Waals surface area contributed by atoms with Gasteiger partial charge in [-0.25, -0.2) is 4.79 Å². The third-order valence-corrected chi connectivity index (χ3v) is 4.75. The predicted octanol–water partition coefficient (Wildman–Crippen LogP) is 3.55. The summed E-state index contributed by atoms with van der Waals surface area (Å²) in [5.41, 5.74) is 1.19. The molecule has 1 aliphatic heterocycles. The topological polar surface area (TPSA) is 84.9 Å². The normalized spacial score (nSPS) is 16.2. The van der Waals surface area contributed by atoms with Crippen LogP contribution in [0.2, 0.25) is 0 Å². The van der Waals surface area contributed by atoms with Crippen molar-refractivity contribution in [2.45, 2.75) is 52.1 Å². The Balaban J connectivity index is 2.03. The number of ether oxygens (including phenoxy) is 2. The Morgan fingerprint density at radius 1 is 1.14 bits per heavy atom. The fourth-order valence-electron chi connectivity index (χ4n) is 3.19. The Morgan fingerprint density at radius 3 is 2.32 bits per heavy atom. The van der Waals surface area contributed by atoms with Crippen molar-refractivity contribution in [1.29, 1.82) is 0 Å². The van der Waals surface area contributed by atoms with Gasteiger partial charge >= 0.3 is 12.1 Å². The molecule has 2 amide bonds. The number of esters is 1. The van der Waals surface area contributed by atoms with E-state index >= 15 is 0 Å². The molecule has 0 aromatic heterocycles. The van der Waals surface area contributed by atoms with E-state index in [1.165, 1.54) is 14.0 Å². The Labute approximate surface area is 166 Å². The quantitative estimate of drug-likeness (QED) is 0.628. The minimum absolute atomic E-state index is 0.212. The number of likely N-dealkylation sites (tertiary alicyclic amines) is 1. The zero-order valence-corrected chi connectivity index (χ0v) is 17.3. The van der Waals surface area contributed by atoms with E-state index in [0.29, 0.717) is 18.8 Å². The van der Waals surface area contributed by atoms with Crippen LogP contribution in [-0.2, 0) is 19.1 Å². The number of hydrogen-bond acceptors (Lipinski definition) is 5. The molecule has 1 aliphatic rings. The lowest BCUT2D eigenvalue weighted by Gasteiger charge is -2.34. The van der Waals surface area contributed by atoms with Crippen LogP contribution in [0.15, 0.2) is 24.3 Å². The van der Waals surface area contributed by atoms with Gasteiger partial charge in [0.2, 0.25) is 5.91 Å². The number of nitrogens with zero attached hydrogens (tertiary/aromatic N) is 1. The van der Waals surface area contributed by atoms with Crippen LogP contribution in [0.1, 0.15) is 52.0 Å². The molecule has 154 valence electrons. The van der Waals surface area contributed by atoms with Crippen molar-refractivity contribution in [3.8, 4) is 0 Å². The highest BCUT2D eigenvalue weighted by Gasteiger charge is 2.29. The lowest BCUT2D eigenvalue weighted by atomic mass is 9.88. The van der Waals surface area contributed by atoms with Crippen LogP contribution >= 0.6 is 0 Å². The van der Waals surface area contributed by atoms with E-state index in [-0.39, 0.29) is 12.0 Å². The molecule has 1 N–H and O–H groups in total. The maximum Gasteiger partial charge on any atom is 0.410 e. The molecule has 1 aromatic rings. The first-order valence-electron chi connectivity index (χ1n) is 9.58. The first kappa shape index (κ1) is 21.7. The Kier molecular flexibility index (Phi) is 7.05. The number of hydrogen-bond donors (Lipinski definition) is 1. The Bertz CT molecular complexity index is 718. The average Bonchev–Trinajstić information content (AvgIpc) is 2.66. The molecule has 1 unspecified atom stereocenters. The number of carbonyl (C=O) groups excluding carboxylic acids is 3. The predicted molar refractivity (Wildman–Crippen MR) is 106 cm³/mol. The Hall–Kier alpha value is -2.57. The van der Waals surface area contributed by atoms with E-state index in [2.05, 4.69) is 10.1 Å². The molecule has 2 rings (SSSR count). The molecule has 1 atom stereocenters. The second-order valence-corrected chi connectivity index (χ2v) is 8.06. The van der Waals surface area contributed by atoms with Crippen molar-refractivity contribution >= 4 is 23.7 Å². The standard InChI is InChI=1S/C21H30N2O5/c1-14(19(25)27-5)18(24)22-17-9-7-6-8-16(17)15-10-12-23(13-11-15)20(26)28-21(2,3)4/h6-9,14-15H,10-13H2,1-5H3,(H,22,24). The second kappa shape index (κ2) is 9.08. The summed E-state index contributed by atoms with van der Waals surface area (Å²) in [5.74, 6) is -1.64.